The normalized spacial score (nSPS) is 29.9. The van der Waals surface area contributed by atoms with Crippen molar-refractivity contribution in [2.75, 3.05) is 19.0 Å². The van der Waals surface area contributed by atoms with Crippen LogP contribution in [0.2, 0.25) is 0 Å². The van der Waals surface area contributed by atoms with Crippen molar-refractivity contribution in [1.82, 2.24) is 4.90 Å². The molecule has 0 aromatic carbocycles. The lowest BCUT2D eigenvalue weighted by Crippen LogP contribution is -2.28. The van der Waals surface area contributed by atoms with Crippen LogP contribution in [0.4, 0.5) is 0 Å². The highest BCUT2D eigenvalue weighted by Crippen LogP contribution is 2.24. The van der Waals surface area contributed by atoms with Crippen LogP contribution < -0.4 is 0 Å². The molecular formula is C8H13Cl2NO. The van der Waals surface area contributed by atoms with Gasteiger partial charge in [-0.25, -0.2) is 0 Å². The minimum atomic E-state index is -0.394. The zero-order chi connectivity index (χ0) is 9.14. The Bertz CT molecular complexity index is 174. The summed E-state index contributed by atoms with van der Waals surface area (Å²) in [5.41, 5.74) is 0. The molecule has 1 fully saturated rings. The number of hydrogen-bond acceptors (Lipinski definition) is 1. The van der Waals surface area contributed by atoms with E-state index in [0.717, 1.165) is 19.5 Å². The van der Waals surface area contributed by atoms with Crippen LogP contribution in [-0.4, -0.2) is 35.2 Å². The third-order valence-electron chi connectivity index (χ3n) is 2.11. The summed E-state index contributed by atoms with van der Waals surface area (Å²) in [6.45, 7) is 3.57. The van der Waals surface area contributed by atoms with Crippen molar-refractivity contribution in [3.8, 4) is 0 Å². The van der Waals surface area contributed by atoms with Crippen LogP contribution in [0.1, 0.15) is 13.3 Å². The van der Waals surface area contributed by atoms with Gasteiger partial charge in [0.2, 0.25) is 5.91 Å². The van der Waals surface area contributed by atoms with E-state index < -0.39 is 5.38 Å². The first-order chi connectivity index (χ1) is 5.70. The molecule has 0 saturated carbocycles. The predicted octanol–water partition coefficient (Wildman–Crippen LogP) is 1.70. The summed E-state index contributed by atoms with van der Waals surface area (Å²) >= 11 is 11.6. The Morgan fingerprint density at radius 3 is 2.75 bits per heavy atom. The van der Waals surface area contributed by atoms with E-state index in [2.05, 4.69) is 0 Å². The number of likely N-dealkylation sites (tertiary alicyclic amines) is 1. The summed E-state index contributed by atoms with van der Waals surface area (Å²) < 4.78 is 0. The number of nitrogens with zero attached hydrogens (tertiary/aromatic N) is 1. The van der Waals surface area contributed by atoms with E-state index in [4.69, 9.17) is 23.2 Å². The summed E-state index contributed by atoms with van der Waals surface area (Å²) in [6, 6.07) is 0. The summed E-state index contributed by atoms with van der Waals surface area (Å²) in [6.07, 6.45) is 0.977. The molecule has 2 atom stereocenters. The van der Waals surface area contributed by atoms with Gasteiger partial charge >= 0.3 is 0 Å². The highest BCUT2D eigenvalue weighted by Gasteiger charge is 2.37. The van der Waals surface area contributed by atoms with Crippen molar-refractivity contribution in [2.24, 2.45) is 5.92 Å². The first-order valence-electron chi connectivity index (χ1n) is 4.19. The Morgan fingerprint density at radius 2 is 2.33 bits per heavy atom. The molecule has 2 nitrogen and oxygen atoms in total. The van der Waals surface area contributed by atoms with Crippen LogP contribution in [0.25, 0.3) is 0 Å². The lowest BCUT2D eigenvalue weighted by Gasteiger charge is -2.13. The summed E-state index contributed by atoms with van der Waals surface area (Å²) in [5, 5.41) is -0.394. The number of amides is 1. The van der Waals surface area contributed by atoms with Crippen molar-refractivity contribution in [3.63, 3.8) is 0 Å². The van der Waals surface area contributed by atoms with Gasteiger partial charge in [0.15, 0.2) is 0 Å². The zero-order valence-electron chi connectivity index (χ0n) is 7.09. The van der Waals surface area contributed by atoms with Crippen molar-refractivity contribution < 1.29 is 4.79 Å². The van der Waals surface area contributed by atoms with Gasteiger partial charge in [0.1, 0.15) is 5.38 Å². The molecule has 1 saturated heterocycles. The molecule has 70 valence electrons. The van der Waals surface area contributed by atoms with Crippen molar-refractivity contribution >= 4 is 29.1 Å². The Hall–Kier alpha value is 0.0500. The van der Waals surface area contributed by atoms with E-state index in [1.165, 1.54) is 0 Å². The number of hydrogen-bond donors (Lipinski definition) is 0. The number of carbonyl (C=O) groups is 1. The van der Waals surface area contributed by atoms with E-state index in [1.54, 1.807) is 4.90 Å². The SMILES string of the molecule is CCCN1CC(CCl)C(Cl)C1=O. The van der Waals surface area contributed by atoms with Crippen LogP contribution in [0.5, 0.6) is 0 Å². The van der Waals surface area contributed by atoms with Crippen LogP contribution in [-0.2, 0) is 4.79 Å². The van der Waals surface area contributed by atoms with E-state index in [0.29, 0.717) is 5.88 Å². The minimum absolute atomic E-state index is 0.0455. The fraction of sp³-hybridized carbons (Fsp3) is 0.875. The van der Waals surface area contributed by atoms with Crippen LogP contribution in [0.15, 0.2) is 0 Å². The topological polar surface area (TPSA) is 20.3 Å². The fourth-order valence-corrected chi connectivity index (χ4v) is 2.11. The zero-order valence-corrected chi connectivity index (χ0v) is 8.61. The number of rotatable bonds is 3. The van der Waals surface area contributed by atoms with Gasteiger partial charge in [-0.05, 0) is 6.42 Å². The Kier molecular flexibility index (Phi) is 3.66. The number of halogens is 2. The monoisotopic (exact) mass is 209 g/mol. The molecule has 1 aliphatic heterocycles. The standard InChI is InChI=1S/C8H13Cl2NO/c1-2-3-11-5-6(4-9)7(10)8(11)12/h6-7H,2-5H2,1H3. The molecule has 1 heterocycles. The molecule has 0 bridgehead atoms. The molecule has 12 heavy (non-hydrogen) atoms. The second-order valence-corrected chi connectivity index (χ2v) is 3.88. The van der Waals surface area contributed by atoms with Crippen molar-refractivity contribution in [1.29, 1.82) is 0 Å². The summed E-state index contributed by atoms with van der Waals surface area (Å²) in [4.78, 5) is 13.2. The lowest BCUT2D eigenvalue weighted by molar-refractivity contribution is -0.127. The maximum Gasteiger partial charge on any atom is 0.241 e. The Balaban J connectivity index is 2.54. The van der Waals surface area contributed by atoms with Crippen molar-refractivity contribution in [3.05, 3.63) is 0 Å². The Labute approximate surface area is 82.8 Å². The molecule has 1 amide bonds. The van der Waals surface area contributed by atoms with E-state index in [9.17, 15) is 4.79 Å². The molecule has 1 rings (SSSR count). The molecule has 4 heteroatoms. The summed E-state index contributed by atoms with van der Waals surface area (Å²) in [5.74, 6) is 0.650. The smallest absolute Gasteiger partial charge is 0.241 e. The predicted molar refractivity (Wildman–Crippen MR) is 50.7 cm³/mol. The molecule has 0 N–H and O–H groups in total. The van der Waals surface area contributed by atoms with Gasteiger partial charge in [0, 0.05) is 24.9 Å². The Morgan fingerprint density at radius 1 is 1.67 bits per heavy atom. The number of alkyl halides is 2. The largest absolute Gasteiger partial charge is 0.341 e. The minimum Gasteiger partial charge on any atom is -0.341 e. The number of carbonyl (C=O) groups excluding carboxylic acids is 1. The average molecular weight is 210 g/mol. The fourth-order valence-electron chi connectivity index (χ4n) is 1.44. The maximum absolute atomic E-state index is 11.4. The highest BCUT2D eigenvalue weighted by molar-refractivity contribution is 6.32. The van der Waals surface area contributed by atoms with Gasteiger partial charge in [0.25, 0.3) is 0 Å². The molecule has 0 aliphatic carbocycles. The summed E-state index contributed by atoms with van der Waals surface area (Å²) in [7, 11) is 0. The quantitative estimate of drug-likeness (QED) is 0.649. The first kappa shape index (κ1) is 10.1. The first-order valence-corrected chi connectivity index (χ1v) is 5.16. The molecule has 0 aromatic rings. The lowest BCUT2D eigenvalue weighted by atomic mass is 10.1. The van der Waals surface area contributed by atoms with Gasteiger partial charge in [-0.15, -0.1) is 23.2 Å². The van der Waals surface area contributed by atoms with Crippen LogP contribution in [0.3, 0.4) is 0 Å². The molecule has 0 spiro atoms. The molecular weight excluding hydrogens is 197 g/mol. The molecule has 0 aromatic heterocycles. The van der Waals surface area contributed by atoms with Crippen molar-refractivity contribution in [2.45, 2.75) is 18.7 Å². The van der Waals surface area contributed by atoms with Crippen LogP contribution in [0, 0.1) is 5.92 Å². The molecule has 0 radical (unpaired) electrons. The van der Waals surface area contributed by atoms with Gasteiger partial charge in [0.05, 0.1) is 0 Å². The molecule has 1 aliphatic rings. The maximum atomic E-state index is 11.4. The van der Waals surface area contributed by atoms with Gasteiger partial charge < -0.3 is 4.90 Å². The van der Waals surface area contributed by atoms with E-state index in [-0.39, 0.29) is 11.8 Å². The van der Waals surface area contributed by atoms with E-state index >= 15 is 0 Å². The average Bonchev–Trinajstić information content (AvgIpc) is 2.33. The second kappa shape index (κ2) is 4.33. The van der Waals surface area contributed by atoms with Gasteiger partial charge in [-0.1, -0.05) is 6.92 Å². The highest BCUT2D eigenvalue weighted by atomic mass is 35.5. The third kappa shape index (κ3) is 1.86. The van der Waals surface area contributed by atoms with Gasteiger partial charge in [-0.3, -0.25) is 4.79 Å². The van der Waals surface area contributed by atoms with Gasteiger partial charge in [-0.2, -0.15) is 0 Å². The van der Waals surface area contributed by atoms with E-state index in [1.807, 2.05) is 6.92 Å². The second-order valence-electron chi connectivity index (χ2n) is 3.10. The van der Waals surface area contributed by atoms with Crippen LogP contribution >= 0.6 is 23.2 Å². The third-order valence-corrected chi connectivity index (χ3v) is 3.05. The molecule has 2 unspecified atom stereocenters.